The number of carbonyl (C=O) groups is 3. The van der Waals surface area contributed by atoms with Gasteiger partial charge in [0.2, 0.25) is 0 Å². The van der Waals surface area contributed by atoms with E-state index >= 15 is 0 Å². The maximum Gasteiger partial charge on any atom is 0.335 e. The average Bonchev–Trinajstić information content (AvgIpc) is 2.68. The molecule has 0 radical (unpaired) electrons. The third-order valence-corrected chi connectivity index (χ3v) is 4.90. The number of phenolic OH excluding ortho intramolecular Hbond substituents is 2. The van der Waals surface area contributed by atoms with E-state index in [2.05, 4.69) is 0 Å². The minimum Gasteiger partial charge on any atom is -0.507 e. The van der Waals surface area contributed by atoms with E-state index in [9.17, 15) is 24.6 Å². The van der Waals surface area contributed by atoms with Crippen LogP contribution in [-0.2, 0) is 27.3 Å². The molecule has 138 valence electrons. The molecule has 0 spiro atoms. The van der Waals surface area contributed by atoms with Gasteiger partial charge in [-0.1, -0.05) is 24.3 Å². The maximum atomic E-state index is 12.9. The molecule has 7 nitrogen and oxygen atoms in total. The third-order valence-electron chi connectivity index (χ3n) is 4.90. The van der Waals surface area contributed by atoms with Crippen LogP contribution in [0, 0.1) is 0 Å². The molecule has 0 saturated heterocycles. The van der Waals surface area contributed by atoms with E-state index in [0.29, 0.717) is 0 Å². The SMILES string of the molecule is CCOC(=O)C1Cc2c(O)c3c(c(O)c2CO1)C(=O)c1ccccc1C3=O. The molecule has 27 heavy (non-hydrogen) atoms. The van der Waals surface area contributed by atoms with Crippen molar-refractivity contribution in [2.24, 2.45) is 0 Å². The van der Waals surface area contributed by atoms with Gasteiger partial charge in [-0.25, -0.2) is 4.79 Å². The Balaban J connectivity index is 1.88. The summed E-state index contributed by atoms with van der Waals surface area (Å²) < 4.78 is 10.4. The van der Waals surface area contributed by atoms with Crippen LogP contribution < -0.4 is 0 Å². The van der Waals surface area contributed by atoms with Crippen molar-refractivity contribution in [2.75, 3.05) is 6.61 Å². The highest BCUT2D eigenvalue weighted by Gasteiger charge is 2.40. The van der Waals surface area contributed by atoms with Crippen molar-refractivity contribution in [1.29, 1.82) is 0 Å². The summed E-state index contributed by atoms with van der Waals surface area (Å²) >= 11 is 0. The highest BCUT2D eigenvalue weighted by molar-refractivity contribution is 6.30. The van der Waals surface area contributed by atoms with E-state index in [1.54, 1.807) is 19.1 Å². The minimum atomic E-state index is -0.956. The van der Waals surface area contributed by atoms with Gasteiger partial charge in [0, 0.05) is 28.7 Å². The lowest BCUT2D eigenvalue weighted by Crippen LogP contribution is -2.33. The van der Waals surface area contributed by atoms with Crippen LogP contribution in [0.15, 0.2) is 24.3 Å². The van der Waals surface area contributed by atoms with Crippen LogP contribution in [0.1, 0.15) is 49.9 Å². The van der Waals surface area contributed by atoms with Gasteiger partial charge in [-0.05, 0) is 6.92 Å². The number of benzene rings is 2. The standard InChI is InChI=1S/C20H16O7/c1-2-26-20(25)13-7-11-12(8-27-13)19(24)15-14(18(11)23)16(21)9-5-3-4-6-10(9)17(15)22/h3-6,13,23-24H,2,7-8H2,1H3. The molecule has 1 aliphatic carbocycles. The molecule has 2 N–H and O–H groups in total. The zero-order valence-electron chi connectivity index (χ0n) is 14.4. The molecule has 1 heterocycles. The molecule has 0 bridgehead atoms. The molecule has 2 aliphatic rings. The van der Waals surface area contributed by atoms with E-state index in [-0.39, 0.29) is 53.0 Å². The van der Waals surface area contributed by atoms with Gasteiger partial charge in [0.1, 0.15) is 11.5 Å². The molecule has 1 atom stereocenters. The molecule has 0 fully saturated rings. The number of phenols is 2. The van der Waals surface area contributed by atoms with Gasteiger partial charge in [-0.3, -0.25) is 9.59 Å². The summed E-state index contributed by atoms with van der Waals surface area (Å²) in [5, 5.41) is 21.4. The second-order valence-corrected chi connectivity index (χ2v) is 6.36. The van der Waals surface area contributed by atoms with E-state index < -0.39 is 35.1 Å². The number of hydrogen-bond acceptors (Lipinski definition) is 7. The Morgan fingerprint density at radius 3 is 2.19 bits per heavy atom. The lowest BCUT2D eigenvalue weighted by Gasteiger charge is -2.29. The van der Waals surface area contributed by atoms with E-state index in [1.165, 1.54) is 12.1 Å². The normalized spacial score (nSPS) is 17.7. The number of aromatic hydroxyl groups is 2. The first kappa shape index (κ1) is 17.2. The van der Waals surface area contributed by atoms with Crippen molar-refractivity contribution in [3.8, 4) is 11.5 Å². The molecule has 1 unspecified atom stereocenters. The number of hydrogen-bond donors (Lipinski definition) is 2. The number of ketones is 2. The monoisotopic (exact) mass is 368 g/mol. The Bertz CT molecular complexity index is 1010. The lowest BCUT2D eigenvalue weighted by atomic mass is 9.79. The maximum absolute atomic E-state index is 12.9. The van der Waals surface area contributed by atoms with Crippen LogP contribution in [0.4, 0.5) is 0 Å². The minimum absolute atomic E-state index is 0.0655. The third kappa shape index (κ3) is 2.43. The number of ether oxygens (including phenoxy) is 2. The zero-order valence-corrected chi connectivity index (χ0v) is 14.4. The Morgan fingerprint density at radius 1 is 1.07 bits per heavy atom. The molecule has 0 amide bonds. The predicted octanol–water partition coefficient (Wildman–Crippen LogP) is 1.88. The van der Waals surface area contributed by atoms with Gasteiger partial charge in [0.05, 0.1) is 24.3 Å². The fourth-order valence-corrected chi connectivity index (χ4v) is 3.61. The van der Waals surface area contributed by atoms with Crippen molar-refractivity contribution in [1.82, 2.24) is 0 Å². The lowest BCUT2D eigenvalue weighted by molar-refractivity contribution is -0.158. The first-order chi connectivity index (χ1) is 13.0. The highest BCUT2D eigenvalue weighted by Crippen LogP contribution is 2.45. The summed E-state index contributed by atoms with van der Waals surface area (Å²) in [5.74, 6) is -2.47. The molecule has 2 aromatic carbocycles. The molecule has 1 aliphatic heterocycles. The van der Waals surface area contributed by atoms with Gasteiger partial charge >= 0.3 is 5.97 Å². The van der Waals surface area contributed by atoms with Crippen LogP contribution in [0.5, 0.6) is 11.5 Å². The highest BCUT2D eigenvalue weighted by atomic mass is 16.6. The zero-order chi connectivity index (χ0) is 19.3. The predicted molar refractivity (Wildman–Crippen MR) is 92.0 cm³/mol. The topological polar surface area (TPSA) is 110 Å². The van der Waals surface area contributed by atoms with Crippen molar-refractivity contribution in [3.05, 3.63) is 57.6 Å². The molecule has 7 heteroatoms. The van der Waals surface area contributed by atoms with Crippen molar-refractivity contribution in [2.45, 2.75) is 26.1 Å². The number of rotatable bonds is 2. The van der Waals surface area contributed by atoms with E-state index in [1.807, 2.05) is 0 Å². The van der Waals surface area contributed by atoms with Crippen LogP contribution >= 0.6 is 0 Å². The summed E-state index contributed by atoms with van der Waals surface area (Å²) in [6, 6.07) is 6.24. The van der Waals surface area contributed by atoms with Crippen LogP contribution in [-0.4, -0.2) is 40.5 Å². The Morgan fingerprint density at radius 2 is 1.63 bits per heavy atom. The van der Waals surface area contributed by atoms with Crippen molar-refractivity contribution >= 4 is 17.5 Å². The molecule has 0 saturated carbocycles. The number of esters is 1. The molecule has 2 aromatic rings. The van der Waals surface area contributed by atoms with E-state index in [0.717, 1.165) is 0 Å². The number of carbonyl (C=O) groups excluding carboxylic acids is 3. The second kappa shape index (κ2) is 6.21. The molecule has 4 rings (SSSR count). The van der Waals surface area contributed by atoms with Gasteiger partial charge in [-0.15, -0.1) is 0 Å². The van der Waals surface area contributed by atoms with Crippen LogP contribution in [0.3, 0.4) is 0 Å². The summed E-state index contributed by atoms with van der Waals surface area (Å²) in [7, 11) is 0. The molecular formula is C20H16O7. The van der Waals surface area contributed by atoms with Gasteiger partial charge in [-0.2, -0.15) is 0 Å². The molecule has 0 aromatic heterocycles. The smallest absolute Gasteiger partial charge is 0.335 e. The first-order valence-electron chi connectivity index (χ1n) is 8.52. The Hall–Kier alpha value is -3.19. The largest absolute Gasteiger partial charge is 0.507 e. The molecular weight excluding hydrogens is 352 g/mol. The fourth-order valence-electron chi connectivity index (χ4n) is 3.61. The summed E-state index contributed by atoms with van der Waals surface area (Å²) in [5.41, 5.74) is 0.292. The van der Waals surface area contributed by atoms with Gasteiger partial charge in [0.15, 0.2) is 17.7 Å². The average molecular weight is 368 g/mol. The fraction of sp³-hybridized carbons (Fsp3) is 0.250. The summed E-state index contributed by atoms with van der Waals surface area (Å²) in [6.07, 6.45) is -1.02. The first-order valence-corrected chi connectivity index (χ1v) is 8.52. The summed E-state index contributed by atoms with van der Waals surface area (Å²) in [4.78, 5) is 37.7. The Labute approximate surface area is 154 Å². The van der Waals surface area contributed by atoms with Gasteiger partial charge < -0.3 is 19.7 Å². The second-order valence-electron chi connectivity index (χ2n) is 6.36. The van der Waals surface area contributed by atoms with Crippen LogP contribution in [0.25, 0.3) is 0 Å². The van der Waals surface area contributed by atoms with Gasteiger partial charge in [0.25, 0.3) is 0 Å². The number of fused-ring (bicyclic) bond motifs is 3. The van der Waals surface area contributed by atoms with Crippen molar-refractivity contribution < 1.29 is 34.1 Å². The van der Waals surface area contributed by atoms with Crippen LogP contribution in [0.2, 0.25) is 0 Å². The van der Waals surface area contributed by atoms with Crippen molar-refractivity contribution in [3.63, 3.8) is 0 Å². The summed E-state index contributed by atoms with van der Waals surface area (Å²) in [6.45, 7) is 1.65. The Kier molecular flexibility index (Phi) is 3.96. The quantitative estimate of drug-likeness (QED) is 0.525. The van der Waals surface area contributed by atoms with E-state index in [4.69, 9.17) is 9.47 Å².